The van der Waals surface area contributed by atoms with E-state index in [-0.39, 0.29) is 18.8 Å². The summed E-state index contributed by atoms with van der Waals surface area (Å²) >= 11 is 5.11. The Morgan fingerprint density at radius 1 is 1.31 bits per heavy atom. The van der Waals surface area contributed by atoms with Crippen LogP contribution in [0, 0.1) is 0 Å². The maximum atomic E-state index is 10.7. The van der Waals surface area contributed by atoms with E-state index in [4.69, 9.17) is 17.3 Å². The van der Waals surface area contributed by atoms with Gasteiger partial charge in [-0.3, -0.25) is 14.9 Å². The average molecular weight is 208 g/mol. The van der Waals surface area contributed by atoms with Crippen molar-refractivity contribution in [1.29, 1.82) is 0 Å². The molecule has 0 aromatic heterocycles. The topological polar surface area (TPSA) is 101 Å². The molecule has 0 bridgehead atoms. The van der Waals surface area contributed by atoms with Crippen LogP contribution in [0.2, 0.25) is 0 Å². The highest BCUT2D eigenvalue weighted by Crippen LogP contribution is 1.76. The summed E-state index contributed by atoms with van der Waals surface area (Å²) in [6.45, 7) is 0.0940. The van der Waals surface area contributed by atoms with Gasteiger partial charge in [0.2, 0.25) is 11.8 Å². The molecule has 6 nitrogen and oxygen atoms in total. The Labute approximate surface area is 79.8 Å². The van der Waals surface area contributed by atoms with E-state index in [2.05, 4.69) is 5.32 Å². The number of amides is 4. The van der Waals surface area contributed by atoms with Crippen LogP contribution in [0.1, 0.15) is 6.42 Å². The fourth-order valence-corrected chi connectivity index (χ4v) is 0.570. The minimum atomic E-state index is -0.688. The normalized spacial score (nSPS) is 9.00. The molecule has 4 amide bonds. The monoisotopic (exact) mass is 207 g/mol. The van der Waals surface area contributed by atoms with Crippen molar-refractivity contribution in [3.8, 4) is 0 Å². The minimum Gasteiger partial charge on any atom is -0.370 e. The third kappa shape index (κ3) is 7.07. The Kier molecular flexibility index (Phi) is 5.62. The van der Waals surface area contributed by atoms with E-state index in [1.54, 1.807) is 0 Å². The number of carbonyl (C=O) groups is 3. The van der Waals surface area contributed by atoms with Crippen molar-refractivity contribution in [2.45, 2.75) is 6.42 Å². The van der Waals surface area contributed by atoms with Gasteiger partial charge in [0, 0.05) is 13.0 Å². The standard InChI is InChI=1S/C6H10ClN3O3/c7-3-5(12)10-6(13)9-2-1-4(8)11/h1-3H2,(H2,8,11)(H2,9,10,12,13). The van der Waals surface area contributed by atoms with Crippen LogP contribution in [-0.2, 0) is 9.59 Å². The molecule has 4 N–H and O–H groups in total. The van der Waals surface area contributed by atoms with E-state index in [0.29, 0.717) is 0 Å². The van der Waals surface area contributed by atoms with Crippen LogP contribution in [0.4, 0.5) is 4.79 Å². The lowest BCUT2D eigenvalue weighted by atomic mass is 10.4. The van der Waals surface area contributed by atoms with Gasteiger partial charge in [-0.15, -0.1) is 11.6 Å². The van der Waals surface area contributed by atoms with Crippen LogP contribution in [0.5, 0.6) is 0 Å². The highest BCUT2D eigenvalue weighted by Gasteiger charge is 2.04. The maximum Gasteiger partial charge on any atom is 0.321 e. The van der Waals surface area contributed by atoms with Crippen LogP contribution >= 0.6 is 11.6 Å². The number of alkyl halides is 1. The number of nitrogens with two attached hydrogens (primary N) is 1. The Morgan fingerprint density at radius 3 is 2.38 bits per heavy atom. The molecule has 0 atom stereocenters. The minimum absolute atomic E-state index is 0.0302. The number of halogens is 1. The van der Waals surface area contributed by atoms with E-state index < -0.39 is 17.8 Å². The first-order chi connectivity index (χ1) is 6.06. The second-order valence-corrected chi connectivity index (χ2v) is 2.42. The zero-order valence-corrected chi connectivity index (χ0v) is 7.56. The van der Waals surface area contributed by atoms with Crippen molar-refractivity contribution in [1.82, 2.24) is 10.6 Å². The third-order valence-corrected chi connectivity index (χ3v) is 1.27. The largest absolute Gasteiger partial charge is 0.370 e. The van der Waals surface area contributed by atoms with E-state index >= 15 is 0 Å². The van der Waals surface area contributed by atoms with Gasteiger partial charge in [-0.05, 0) is 0 Å². The Balaban J connectivity index is 3.52. The molecule has 0 rings (SSSR count). The molecule has 7 heteroatoms. The Morgan fingerprint density at radius 2 is 1.92 bits per heavy atom. The molecule has 0 aliphatic carbocycles. The van der Waals surface area contributed by atoms with Crippen LogP contribution in [0.3, 0.4) is 0 Å². The van der Waals surface area contributed by atoms with Crippen molar-refractivity contribution in [2.75, 3.05) is 12.4 Å². The second kappa shape index (κ2) is 6.24. The predicted octanol–water partition coefficient (Wildman–Crippen LogP) is -1.07. The molecule has 0 heterocycles. The molecule has 13 heavy (non-hydrogen) atoms. The number of rotatable bonds is 4. The molecule has 0 aliphatic rings. The van der Waals surface area contributed by atoms with Crippen molar-refractivity contribution in [3.63, 3.8) is 0 Å². The van der Waals surface area contributed by atoms with E-state index in [1.807, 2.05) is 5.32 Å². The van der Waals surface area contributed by atoms with Crippen molar-refractivity contribution >= 4 is 29.4 Å². The quantitative estimate of drug-likeness (QED) is 0.512. The molecule has 0 aromatic carbocycles. The number of primary amides is 1. The molecule has 0 fully saturated rings. The van der Waals surface area contributed by atoms with Crippen LogP contribution < -0.4 is 16.4 Å². The van der Waals surface area contributed by atoms with Crippen LogP contribution in [0.25, 0.3) is 0 Å². The molecule has 0 radical (unpaired) electrons. The fourth-order valence-electron chi connectivity index (χ4n) is 0.503. The first kappa shape index (κ1) is 11.7. The van der Waals surface area contributed by atoms with E-state index in [0.717, 1.165) is 0 Å². The Bertz CT molecular complexity index is 219. The summed E-state index contributed by atoms with van der Waals surface area (Å²) in [4.78, 5) is 31.5. The molecule has 0 aliphatic heterocycles. The molecule has 0 saturated carbocycles. The first-order valence-corrected chi connectivity index (χ1v) is 4.01. The summed E-state index contributed by atoms with van der Waals surface area (Å²) < 4.78 is 0. The zero-order valence-electron chi connectivity index (χ0n) is 6.80. The third-order valence-electron chi connectivity index (χ3n) is 1.03. The molecular formula is C6H10ClN3O3. The molecule has 74 valence electrons. The van der Waals surface area contributed by atoms with Crippen molar-refractivity contribution in [2.24, 2.45) is 5.73 Å². The smallest absolute Gasteiger partial charge is 0.321 e. The highest BCUT2D eigenvalue weighted by atomic mass is 35.5. The molecule has 0 unspecified atom stereocenters. The first-order valence-electron chi connectivity index (χ1n) is 3.48. The molecule has 0 aromatic rings. The summed E-state index contributed by atoms with van der Waals surface area (Å²) in [7, 11) is 0. The lowest BCUT2D eigenvalue weighted by Gasteiger charge is -2.03. The number of hydrogen-bond acceptors (Lipinski definition) is 3. The summed E-state index contributed by atoms with van der Waals surface area (Å²) in [5.74, 6) is -1.41. The van der Waals surface area contributed by atoms with Crippen LogP contribution in [0.15, 0.2) is 0 Å². The number of carbonyl (C=O) groups excluding carboxylic acids is 3. The SMILES string of the molecule is NC(=O)CCNC(=O)NC(=O)CCl. The average Bonchev–Trinajstić information content (AvgIpc) is 2.03. The summed E-state index contributed by atoms with van der Waals surface area (Å²) in [6, 6.07) is -0.688. The summed E-state index contributed by atoms with van der Waals surface area (Å²) in [5.41, 5.74) is 4.81. The zero-order chi connectivity index (χ0) is 10.3. The number of hydrogen-bond donors (Lipinski definition) is 3. The van der Waals surface area contributed by atoms with E-state index in [1.165, 1.54) is 0 Å². The number of imide groups is 1. The van der Waals surface area contributed by atoms with Crippen molar-refractivity contribution < 1.29 is 14.4 Å². The highest BCUT2D eigenvalue weighted by molar-refractivity contribution is 6.28. The van der Waals surface area contributed by atoms with Gasteiger partial charge in [-0.2, -0.15) is 0 Å². The Hall–Kier alpha value is -1.30. The number of nitrogens with one attached hydrogen (secondary N) is 2. The van der Waals surface area contributed by atoms with Gasteiger partial charge < -0.3 is 11.1 Å². The second-order valence-electron chi connectivity index (χ2n) is 2.15. The fraction of sp³-hybridized carbons (Fsp3) is 0.500. The molecule has 0 saturated heterocycles. The van der Waals surface area contributed by atoms with Gasteiger partial charge in [-0.25, -0.2) is 4.79 Å². The lowest BCUT2D eigenvalue weighted by Crippen LogP contribution is -2.41. The maximum absolute atomic E-state index is 10.7. The van der Waals surface area contributed by atoms with Crippen LogP contribution in [-0.4, -0.2) is 30.3 Å². The van der Waals surface area contributed by atoms with Gasteiger partial charge in [0.25, 0.3) is 0 Å². The molecule has 0 spiro atoms. The van der Waals surface area contributed by atoms with Gasteiger partial charge in [0.05, 0.1) is 0 Å². The van der Waals surface area contributed by atoms with E-state index in [9.17, 15) is 14.4 Å². The number of urea groups is 1. The van der Waals surface area contributed by atoms with Gasteiger partial charge in [0.1, 0.15) is 5.88 Å². The van der Waals surface area contributed by atoms with Crippen molar-refractivity contribution in [3.05, 3.63) is 0 Å². The molecular weight excluding hydrogens is 198 g/mol. The predicted molar refractivity (Wildman–Crippen MR) is 46.1 cm³/mol. The summed E-state index contributed by atoms with van der Waals surface area (Å²) in [6.07, 6.45) is 0.0302. The van der Waals surface area contributed by atoms with Gasteiger partial charge in [-0.1, -0.05) is 0 Å². The lowest BCUT2D eigenvalue weighted by molar-refractivity contribution is -0.118. The van der Waals surface area contributed by atoms with Gasteiger partial charge >= 0.3 is 6.03 Å². The summed E-state index contributed by atoms with van der Waals surface area (Å²) in [5, 5.41) is 4.18. The van der Waals surface area contributed by atoms with Gasteiger partial charge in [0.15, 0.2) is 0 Å².